The number of carbonyl (C=O) groups excluding carboxylic acids is 1. The molecule has 1 saturated heterocycles. The minimum absolute atomic E-state index is 0.0469. The third kappa shape index (κ3) is 4.82. The quantitative estimate of drug-likeness (QED) is 0.180. The molecule has 2 fully saturated rings. The lowest BCUT2D eigenvalue weighted by molar-refractivity contribution is -0.131. The summed E-state index contributed by atoms with van der Waals surface area (Å²) >= 11 is 5.77. The molecule has 0 N–H and O–H groups in total. The van der Waals surface area contributed by atoms with Crippen LogP contribution in [0.15, 0.2) is 46.4 Å². The summed E-state index contributed by atoms with van der Waals surface area (Å²) in [7, 11) is 4.06. The number of rotatable bonds is 9. The zero-order chi connectivity index (χ0) is 24.2. The number of allylic oxidation sites excluding steroid dienone is 4. The first-order valence-electron chi connectivity index (χ1n) is 10.9. The monoisotopic (exact) mass is 466 g/mol. The van der Waals surface area contributed by atoms with Crippen molar-refractivity contribution >= 4 is 35.6 Å². The van der Waals surface area contributed by atoms with Crippen molar-refractivity contribution in [3.05, 3.63) is 41.4 Å². The summed E-state index contributed by atoms with van der Waals surface area (Å²) in [6.45, 7) is 8.53. The highest BCUT2D eigenvalue weighted by Gasteiger charge is 2.59. The van der Waals surface area contributed by atoms with Crippen molar-refractivity contribution in [1.29, 1.82) is 5.26 Å². The molecule has 1 aromatic heterocycles. The topological polar surface area (TPSA) is 85.1 Å². The highest BCUT2D eigenvalue weighted by molar-refractivity contribution is 7.80. The highest BCUT2D eigenvalue weighted by atomic mass is 32.1. The molecule has 174 valence electrons. The zero-order valence-electron chi connectivity index (χ0n) is 19.7. The van der Waals surface area contributed by atoms with Gasteiger partial charge in [0.2, 0.25) is 5.88 Å². The predicted molar refractivity (Wildman–Crippen MR) is 133 cm³/mol. The number of amides is 1. The molecule has 2 aliphatic rings. The Morgan fingerprint density at radius 3 is 2.67 bits per heavy atom. The highest BCUT2D eigenvalue weighted by Crippen LogP contribution is 2.47. The Morgan fingerprint density at radius 2 is 2.15 bits per heavy atom. The van der Waals surface area contributed by atoms with E-state index >= 15 is 0 Å². The number of carbonyl (C=O) groups is 1. The lowest BCUT2D eigenvalue weighted by Crippen LogP contribution is -2.55. The summed E-state index contributed by atoms with van der Waals surface area (Å²) in [5, 5.41) is 9.62. The number of pyridine rings is 1. The molecule has 2 heterocycles. The van der Waals surface area contributed by atoms with Crippen LogP contribution in [0.5, 0.6) is 5.88 Å². The maximum absolute atomic E-state index is 13.5. The molecule has 1 aromatic rings. The Hall–Kier alpha value is -3.09. The Labute approximate surface area is 200 Å². The molecule has 33 heavy (non-hydrogen) atoms. The van der Waals surface area contributed by atoms with Crippen molar-refractivity contribution < 1.29 is 9.53 Å². The van der Waals surface area contributed by atoms with Crippen molar-refractivity contribution in [2.24, 2.45) is 4.99 Å². The van der Waals surface area contributed by atoms with E-state index in [2.05, 4.69) is 21.6 Å². The molecule has 0 atom stereocenters. The molecule has 1 saturated carbocycles. The molecule has 0 unspecified atom stereocenters. The summed E-state index contributed by atoms with van der Waals surface area (Å²) < 4.78 is 5.74. The number of anilines is 1. The number of aromatic nitrogens is 1. The van der Waals surface area contributed by atoms with Crippen LogP contribution in [0.2, 0.25) is 0 Å². The van der Waals surface area contributed by atoms with Crippen molar-refractivity contribution in [2.75, 3.05) is 32.1 Å². The van der Waals surface area contributed by atoms with E-state index in [4.69, 9.17) is 17.0 Å². The molecule has 8 nitrogen and oxygen atoms in total. The van der Waals surface area contributed by atoms with Gasteiger partial charge in [-0.25, -0.2) is 4.98 Å². The van der Waals surface area contributed by atoms with Crippen LogP contribution in [0, 0.1) is 11.3 Å². The third-order valence-electron chi connectivity index (χ3n) is 5.99. The van der Waals surface area contributed by atoms with E-state index in [0.29, 0.717) is 28.9 Å². The van der Waals surface area contributed by atoms with Crippen LogP contribution >= 0.6 is 12.2 Å². The average Bonchev–Trinajstić information content (AvgIpc) is 2.99. The molecule has 0 aromatic carbocycles. The SMILES string of the molecule is C=N/C(C#N)=C(C)\C=C(/C)N1C(=O)C2(CCC2)N(c2ccc(OCCCN(C)C)nc2)C1=S. The molecule has 1 aliphatic heterocycles. The van der Waals surface area contributed by atoms with E-state index in [-0.39, 0.29) is 11.6 Å². The van der Waals surface area contributed by atoms with Gasteiger partial charge in [0, 0.05) is 18.3 Å². The van der Waals surface area contributed by atoms with Gasteiger partial charge < -0.3 is 14.5 Å². The Bertz CT molecular complexity index is 1030. The second-order valence-corrected chi connectivity index (χ2v) is 8.96. The minimum Gasteiger partial charge on any atom is -0.478 e. The van der Waals surface area contributed by atoms with Crippen LogP contribution in [0.25, 0.3) is 0 Å². The normalized spacial score (nSPS) is 18.4. The van der Waals surface area contributed by atoms with Crippen LogP contribution < -0.4 is 9.64 Å². The van der Waals surface area contributed by atoms with Gasteiger partial charge in [0.15, 0.2) is 5.11 Å². The van der Waals surface area contributed by atoms with Gasteiger partial charge in [0.05, 0.1) is 18.5 Å². The number of nitrogens with zero attached hydrogens (tertiary/aromatic N) is 6. The van der Waals surface area contributed by atoms with Gasteiger partial charge in [-0.2, -0.15) is 5.26 Å². The second kappa shape index (κ2) is 10.2. The van der Waals surface area contributed by atoms with Gasteiger partial charge in [-0.05, 0) is 90.3 Å². The summed E-state index contributed by atoms with van der Waals surface area (Å²) in [4.78, 5) is 27.3. The van der Waals surface area contributed by atoms with Crippen LogP contribution in [0.4, 0.5) is 5.69 Å². The smallest absolute Gasteiger partial charge is 0.259 e. The van der Waals surface area contributed by atoms with Crippen LogP contribution in [0.1, 0.15) is 39.5 Å². The Kier molecular flexibility index (Phi) is 7.61. The van der Waals surface area contributed by atoms with Crippen molar-refractivity contribution in [1.82, 2.24) is 14.8 Å². The number of aliphatic imine (C=N–C) groups is 1. The molecule has 9 heteroatoms. The Balaban J connectivity index is 1.84. The largest absolute Gasteiger partial charge is 0.478 e. The lowest BCUT2D eigenvalue weighted by Gasteiger charge is -2.42. The first-order valence-corrected chi connectivity index (χ1v) is 11.3. The second-order valence-electron chi connectivity index (χ2n) is 8.59. The summed E-state index contributed by atoms with van der Waals surface area (Å²) in [5.74, 6) is 0.501. The standard InChI is InChI=1S/C24H30N6O2S/c1-17(20(15-25)26-3)14-18(2)29-22(31)24(10-6-11-24)30(23(29)33)19-8-9-21(27-16-19)32-13-7-12-28(4)5/h8-9,14,16H,3,6-7,10-13H2,1-2,4-5H3/b18-14+,20-17-. The Morgan fingerprint density at radius 1 is 1.42 bits per heavy atom. The fourth-order valence-electron chi connectivity index (χ4n) is 4.13. The fourth-order valence-corrected chi connectivity index (χ4v) is 4.64. The molecular formula is C24H30N6O2S. The average molecular weight is 467 g/mol. The van der Waals surface area contributed by atoms with Crippen LogP contribution in [-0.2, 0) is 4.79 Å². The molecule has 0 bridgehead atoms. The van der Waals surface area contributed by atoms with Gasteiger partial charge in [-0.1, -0.05) is 0 Å². The summed E-state index contributed by atoms with van der Waals surface area (Å²) in [6, 6.07) is 5.73. The number of thiocarbonyl (C=S) groups is 1. The van der Waals surface area contributed by atoms with E-state index in [9.17, 15) is 10.1 Å². The molecule has 1 aliphatic carbocycles. The minimum atomic E-state index is -0.686. The maximum atomic E-state index is 13.5. The molecule has 1 amide bonds. The van der Waals surface area contributed by atoms with E-state index in [0.717, 1.165) is 37.9 Å². The van der Waals surface area contributed by atoms with Gasteiger partial charge in [0.25, 0.3) is 5.91 Å². The van der Waals surface area contributed by atoms with Crippen molar-refractivity contribution in [3.63, 3.8) is 0 Å². The molecule has 1 spiro atoms. The number of hydrogen-bond acceptors (Lipinski definition) is 7. The first-order chi connectivity index (χ1) is 15.7. The van der Waals surface area contributed by atoms with E-state index < -0.39 is 5.54 Å². The van der Waals surface area contributed by atoms with Crippen LogP contribution in [-0.4, -0.2) is 65.3 Å². The van der Waals surface area contributed by atoms with E-state index in [1.165, 1.54) is 0 Å². The van der Waals surface area contributed by atoms with Gasteiger partial charge in [-0.3, -0.25) is 14.7 Å². The maximum Gasteiger partial charge on any atom is 0.259 e. The van der Waals surface area contributed by atoms with Gasteiger partial charge >= 0.3 is 0 Å². The van der Waals surface area contributed by atoms with Crippen molar-refractivity contribution in [3.8, 4) is 11.9 Å². The molecule has 0 radical (unpaired) electrons. The van der Waals surface area contributed by atoms with Gasteiger partial charge in [-0.15, -0.1) is 0 Å². The summed E-state index contributed by atoms with van der Waals surface area (Å²) in [5.41, 5.74) is 1.56. The number of nitriles is 1. The number of ether oxygens (including phenoxy) is 1. The zero-order valence-corrected chi connectivity index (χ0v) is 20.5. The first kappa shape index (κ1) is 24.6. The predicted octanol–water partition coefficient (Wildman–Crippen LogP) is 3.67. The molecule has 3 rings (SSSR count). The van der Waals surface area contributed by atoms with Crippen molar-refractivity contribution in [2.45, 2.75) is 45.1 Å². The fraction of sp³-hybridized carbons (Fsp3) is 0.458. The third-order valence-corrected chi connectivity index (χ3v) is 6.35. The lowest BCUT2D eigenvalue weighted by atomic mass is 9.75. The number of hydrogen-bond donors (Lipinski definition) is 0. The van der Waals surface area contributed by atoms with E-state index in [1.807, 2.05) is 44.1 Å². The summed E-state index contributed by atoms with van der Waals surface area (Å²) in [6.07, 6.45) is 6.78. The van der Waals surface area contributed by atoms with Crippen LogP contribution in [0.3, 0.4) is 0 Å². The van der Waals surface area contributed by atoms with E-state index in [1.54, 1.807) is 24.1 Å². The molecular weight excluding hydrogens is 436 g/mol. The van der Waals surface area contributed by atoms with Gasteiger partial charge in [0.1, 0.15) is 17.3 Å².